The van der Waals surface area contributed by atoms with Crippen LogP contribution in [0, 0.1) is 0 Å². The van der Waals surface area contributed by atoms with Crippen LogP contribution in [-0.4, -0.2) is 33.2 Å². The first-order chi connectivity index (χ1) is 19.2. The van der Waals surface area contributed by atoms with Gasteiger partial charge in [-0.25, -0.2) is 10.9 Å². The highest BCUT2D eigenvalue weighted by Gasteiger charge is 2.11. The molecule has 2 N–H and O–H groups in total. The molecule has 0 atom stereocenters. The molecular weight excluding hydrogens is 488 g/mol. The van der Waals surface area contributed by atoms with Gasteiger partial charge >= 0.3 is 0 Å². The maximum atomic E-state index is 12.4. The van der Waals surface area contributed by atoms with Gasteiger partial charge in [0.15, 0.2) is 0 Å². The third-order valence-corrected chi connectivity index (χ3v) is 5.80. The Labute approximate surface area is 227 Å². The molecule has 8 nitrogen and oxygen atoms in total. The van der Waals surface area contributed by atoms with Crippen LogP contribution < -0.4 is 10.9 Å². The van der Waals surface area contributed by atoms with E-state index in [0.29, 0.717) is 48.5 Å². The summed E-state index contributed by atoms with van der Waals surface area (Å²) in [6.45, 7) is 0. The first-order valence-electron chi connectivity index (χ1n) is 12.9. The Hall–Kier alpha value is -4.98. The Morgan fingerprint density at radius 3 is 1.33 bits per heavy atom. The van der Waals surface area contributed by atoms with Crippen LogP contribution in [0.4, 0.5) is 0 Å². The van der Waals surface area contributed by atoms with Gasteiger partial charge in [-0.15, -0.1) is 0 Å². The Kier molecular flexibility index (Phi) is 10.2. The fraction of sp³-hybridized carbons (Fsp3) is 0.161. The van der Waals surface area contributed by atoms with Crippen molar-refractivity contribution in [3.8, 4) is 0 Å². The highest BCUT2D eigenvalue weighted by atomic mass is 16.2. The molecule has 4 rings (SSSR count). The molecule has 2 aromatic heterocycles. The van der Waals surface area contributed by atoms with E-state index in [2.05, 4.69) is 31.0 Å². The number of aromatic nitrogens is 2. The van der Waals surface area contributed by atoms with Crippen LogP contribution in [-0.2, 0) is 9.59 Å². The van der Waals surface area contributed by atoms with E-state index in [9.17, 15) is 9.59 Å². The van der Waals surface area contributed by atoms with Gasteiger partial charge in [-0.3, -0.25) is 19.6 Å². The van der Waals surface area contributed by atoms with Gasteiger partial charge in [0.25, 0.3) is 0 Å². The average molecular weight is 519 g/mol. The first kappa shape index (κ1) is 27.1. The fourth-order valence-electron chi connectivity index (χ4n) is 3.83. The van der Waals surface area contributed by atoms with E-state index in [4.69, 9.17) is 0 Å². The summed E-state index contributed by atoms with van der Waals surface area (Å²) in [6.07, 6.45) is 6.02. The predicted molar refractivity (Wildman–Crippen MR) is 152 cm³/mol. The summed E-state index contributed by atoms with van der Waals surface area (Å²) in [5.74, 6) is -0.368. The van der Waals surface area contributed by atoms with Crippen LogP contribution in [0.5, 0.6) is 0 Å². The van der Waals surface area contributed by atoms with Crippen LogP contribution in [0.1, 0.15) is 54.6 Å². The van der Waals surface area contributed by atoms with Gasteiger partial charge < -0.3 is 0 Å². The van der Waals surface area contributed by atoms with Crippen molar-refractivity contribution in [3.63, 3.8) is 0 Å². The summed E-state index contributed by atoms with van der Waals surface area (Å²) >= 11 is 0. The van der Waals surface area contributed by atoms with Crippen molar-refractivity contribution < 1.29 is 9.59 Å². The third kappa shape index (κ3) is 8.53. The van der Waals surface area contributed by atoms with Crippen molar-refractivity contribution in [1.82, 2.24) is 20.8 Å². The molecule has 4 aromatic rings. The molecule has 0 aliphatic rings. The molecule has 0 aliphatic heterocycles. The Balaban J connectivity index is 1.23. The van der Waals surface area contributed by atoms with Crippen LogP contribution in [0.2, 0.25) is 0 Å². The number of hydrogen-bond acceptors (Lipinski definition) is 6. The molecule has 39 heavy (non-hydrogen) atoms. The summed E-state index contributed by atoms with van der Waals surface area (Å²) < 4.78 is 0. The molecule has 0 saturated heterocycles. The van der Waals surface area contributed by atoms with Crippen LogP contribution in [0.3, 0.4) is 0 Å². The topological polar surface area (TPSA) is 109 Å². The molecule has 0 saturated carbocycles. The molecule has 0 aliphatic carbocycles. The largest absolute Gasteiger partial charge is 0.273 e. The van der Waals surface area contributed by atoms with E-state index < -0.39 is 0 Å². The number of nitrogens with one attached hydrogen (secondary N) is 2. The number of hydrogen-bond donors (Lipinski definition) is 2. The van der Waals surface area contributed by atoms with E-state index >= 15 is 0 Å². The first-order valence-corrected chi connectivity index (χ1v) is 12.9. The zero-order valence-electron chi connectivity index (χ0n) is 21.5. The van der Waals surface area contributed by atoms with Crippen molar-refractivity contribution in [2.45, 2.75) is 32.1 Å². The molecule has 0 fully saturated rings. The highest BCUT2D eigenvalue weighted by Crippen LogP contribution is 2.10. The van der Waals surface area contributed by atoms with E-state index in [1.165, 1.54) is 0 Å². The second-order valence-corrected chi connectivity index (χ2v) is 8.71. The Morgan fingerprint density at radius 1 is 0.538 bits per heavy atom. The molecule has 2 aromatic carbocycles. The van der Waals surface area contributed by atoms with Gasteiger partial charge in [0.2, 0.25) is 11.8 Å². The SMILES string of the molecule is O=C(CCCCCC(=O)N/N=C(\c1ccccc1)c1ccccn1)N/N=C(/c1ccccc1)c1ccccn1. The fourth-order valence-corrected chi connectivity index (χ4v) is 3.83. The van der Waals surface area contributed by atoms with Gasteiger partial charge in [0.1, 0.15) is 11.4 Å². The monoisotopic (exact) mass is 518 g/mol. The quantitative estimate of drug-likeness (QED) is 0.159. The number of nitrogens with zero attached hydrogens (tertiary/aromatic N) is 4. The maximum absolute atomic E-state index is 12.4. The van der Waals surface area contributed by atoms with Crippen molar-refractivity contribution in [2.24, 2.45) is 10.2 Å². The zero-order valence-corrected chi connectivity index (χ0v) is 21.5. The molecule has 0 radical (unpaired) electrons. The second kappa shape index (κ2) is 14.7. The van der Waals surface area contributed by atoms with Crippen molar-refractivity contribution >= 4 is 23.2 Å². The van der Waals surface area contributed by atoms with E-state index in [0.717, 1.165) is 17.5 Å². The zero-order chi connectivity index (χ0) is 27.1. The lowest BCUT2D eigenvalue weighted by Crippen LogP contribution is -2.21. The van der Waals surface area contributed by atoms with Crippen LogP contribution in [0.25, 0.3) is 0 Å². The lowest BCUT2D eigenvalue weighted by molar-refractivity contribution is -0.121. The van der Waals surface area contributed by atoms with Crippen molar-refractivity contribution in [3.05, 3.63) is 132 Å². The van der Waals surface area contributed by atoms with E-state index in [1.54, 1.807) is 12.4 Å². The normalized spacial score (nSPS) is 11.6. The number of hydrazone groups is 2. The average Bonchev–Trinajstić information content (AvgIpc) is 2.99. The lowest BCUT2D eigenvalue weighted by atomic mass is 10.1. The van der Waals surface area contributed by atoms with Crippen molar-refractivity contribution in [1.29, 1.82) is 0 Å². The predicted octanol–water partition coefficient (Wildman–Crippen LogP) is 4.86. The van der Waals surface area contributed by atoms with Gasteiger partial charge in [-0.2, -0.15) is 10.2 Å². The minimum Gasteiger partial charge on any atom is -0.273 e. The molecule has 2 heterocycles. The number of benzene rings is 2. The number of unbranched alkanes of at least 4 members (excludes halogenated alkanes) is 2. The molecule has 0 unspecified atom stereocenters. The summed E-state index contributed by atoms with van der Waals surface area (Å²) in [4.78, 5) is 33.6. The van der Waals surface area contributed by atoms with Gasteiger partial charge in [-0.05, 0) is 37.1 Å². The summed E-state index contributed by atoms with van der Waals surface area (Å²) in [6, 6.07) is 30.3. The van der Waals surface area contributed by atoms with Gasteiger partial charge in [-0.1, -0.05) is 79.2 Å². The highest BCUT2D eigenvalue weighted by molar-refractivity contribution is 6.12. The molecule has 8 heteroatoms. The minimum absolute atomic E-state index is 0.184. The number of rotatable bonds is 12. The van der Waals surface area contributed by atoms with Crippen LogP contribution in [0.15, 0.2) is 120 Å². The Bertz CT molecular complexity index is 1200. The second-order valence-electron chi connectivity index (χ2n) is 8.71. The smallest absolute Gasteiger partial charge is 0.240 e. The van der Waals surface area contributed by atoms with Gasteiger partial charge in [0, 0.05) is 36.4 Å². The number of pyridine rings is 2. The summed E-state index contributed by atoms with van der Waals surface area (Å²) in [5, 5.41) is 8.71. The molecule has 0 bridgehead atoms. The molecule has 2 amide bonds. The number of carbonyl (C=O) groups is 2. The summed E-state index contributed by atoms with van der Waals surface area (Å²) in [7, 11) is 0. The molecule has 196 valence electrons. The third-order valence-electron chi connectivity index (χ3n) is 5.80. The number of carbonyl (C=O) groups excluding carboxylic acids is 2. The van der Waals surface area contributed by atoms with Crippen LogP contribution >= 0.6 is 0 Å². The van der Waals surface area contributed by atoms with Crippen molar-refractivity contribution in [2.75, 3.05) is 0 Å². The lowest BCUT2D eigenvalue weighted by Gasteiger charge is -2.08. The van der Waals surface area contributed by atoms with E-state index in [1.807, 2.05) is 97.1 Å². The van der Waals surface area contributed by atoms with E-state index in [-0.39, 0.29) is 11.8 Å². The molecule has 0 spiro atoms. The van der Waals surface area contributed by atoms with Gasteiger partial charge in [0.05, 0.1) is 11.4 Å². The standard InChI is InChI=1S/C31H30N6O2/c38-28(34-36-30(24-14-4-1-5-15-24)26-18-10-12-22-32-26)20-8-3-9-21-29(39)35-37-31(25-16-6-2-7-17-25)27-19-11-13-23-33-27/h1-2,4-7,10-19,22-23H,3,8-9,20-21H2,(H,34,38)(H,35,39)/b36-30-,37-31+. The number of amides is 2. The Morgan fingerprint density at radius 2 is 0.949 bits per heavy atom. The summed E-state index contributed by atoms with van der Waals surface area (Å²) in [5.41, 5.74) is 9.58. The maximum Gasteiger partial charge on any atom is 0.240 e. The molecular formula is C31H30N6O2. The minimum atomic E-state index is -0.184.